The first-order valence-corrected chi connectivity index (χ1v) is 10.1. The number of aromatic nitrogens is 4. The zero-order valence-electron chi connectivity index (χ0n) is 12.0. The number of nitrogens with zero attached hydrogens (tertiary/aromatic N) is 4. The maximum atomic E-state index is 5.44. The Morgan fingerprint density at radius 2 is 1.45 bits per heavy atom. The van der Waals surface area contributed by atoms with Crippen LogP contribution < -0.4 is 0 Å². The maximum Gasteiger partial charge on any atom is 0.115 e. The fourth-order valence-corrected chi connectivity index (χ4v) is 1.64. The van der Waals surface area contributed by atoms with E-state index in [0.29, 0.717) is 12.0 Å². The fraction of sp³-hybridized carbons (Fsp3) is 0.500. The molecule has 0 amide bonds. The van der Waals surface area contributed by atoms with Crippen molar-refractivity contribution in [2.45, 2.75) is 32.8 Å². The molecular formula is C12H20Cl2I2N4. The number of alkyl halides is 3. The SMILES string of the molecule is CC.CI.Cc1cnn(CCl)c1.ClCn1cc(I)cn1. The van der Waals surface area contributed by atoms with E-state index in [4.69, 9.17) is 23.2 Å². The molecule has 0 spiro atoms. The summed E-state index contributed by atoms with van der Waals surface area (Å²) in [6.45, 7) is 5.98. The van der Waals surface area contributed by atoms with Gasteiger partial charge in [0.25, 0.3) is 0 Å². The van der Waals surface area contributed by atoms with Crippen LogP contribution in [0, 0.1) is 10.5 Å². The van der Waals surface area contributed by atoms with E-state index in [-0.39, 0.29) is 0 Å². The average molecular weight is 545 g/mol. The van der Waals surface area contributed by atoms with E-state index in [1.54, 1.807) is 21.8 Å². The van der Waals surface area contributed by atoms with Gasteiger partial charge in [0, 0.05) is 12.4 Å². The molecule has 2 rings (SSSR count). The smallest absolute Gasteiger partial charge is 0.115 e. The lowest BCUT2D eigenvalue weighted by Gasteiger charge is -1.86. The molecule has 0 saturated carbocycles. The second kappa shape index (κ2) is 15.8. The molecule has 0 atom stereocenters. The molecule has 0 N–H and O–H groups in total. The molecule has 0 unspecified atom stereocenters. The molecule has 20 heavy (non-hydrogen) atoms. The van der Waals surface area contributed by atoms with Crippen LogP contribution >= 0.6 is 68.4 Å². The van der Waals surface area contributed by atoms with Gasteiger partial charge in [0.05, 0.1) is 16.0 Å². The second-order valence-corrected chi connectivity index (χ2v) is 4.72. The third-order valence-corrected chi connectivity index (χ3v) is 2.66. The van der Waals surface area contributed by atoms with Crippen LogP contribution in [0.5, 0.6) is 0 Å². The average Bonchev–Trinajstić information content (AvgIpc) is 3.12. The molecule has 2 aromatic heterocycles. The second-order valence-electron chi connectivity index (χ2n) is 2.99. The summed E-state index contributed by atoms with van der Waals surface area (Å²) in [6.07, 6.45) is 7.33. The van der Waals surface area contributed by atoms with Gasteiger partial charge in [0.2, 0.25) is 0 Å². The summed E-state index contributed by atoms with van der Waals surface area (Å²) >= 11 is 15.2. The van der Waals surface area contributed by atoms with Crippen molar-refractivity contribution < 1.29 is 0 Å². The zero-order valence-corrected chi connectivity index (χ0v) is 17.9. The van der Waals surface area contributed by atoms with Crippen LogP contribution in [-0.2, 0) is 12.0 Å². The van der Waals surface area contributed by atoms with E-state index < -0.39 is 0 Å². The standard InChI is InChI=1S/C5H7ClN2.C4H4ClIN2.C2H6.CH3I/c1-5-2-7-8(3-5)4-6;5-3-8-2-4(6)1-7-8;2*1-2/h2-3H,4H2,1H3;1-2H,3H2;1-2H3;1H3. The lowest BCUT2D eigenvalue weighted by molar-refractivity contribution is 0.744. The van der Waals surface area contributed by atoms with Crippen LogP contribution in [0.3, 0.4) is 0 Å². The highest BCUT2D eigenvalue weighted by molar-refractivity contribution is 14.1. The number of hydrogen-bond acceptors (Lipinski definition) is 2. The van der Waals surface area contributed by atoms with Crippen LogP contribution in [0.25, 0.3) is 0 Å². The summed E-state index contributed by atoms with van der Waals surface area (Å²) in [6, 6.07) is 0.872. The van der Waals surface area contributed by atoms with Crippen molar-refractivity contribution in [3.05, 3.63) is 33.9 Å². The third kappa shape index (κ3) is 11.2. The first kappa shape index (κ1) is 22.7. The Kier molecular flexibility index (Phi) is 18.0. The van der Waals surface area contributed by atoms with Crippen molar-refractivity contribution in [3.63, 3.8) is 0 Å². The molecular weight excluding hydrogens is 525 g/mol. The van der Waals surface area contributed by atoms with Crippen LogP contribution in [0.2, 0.25) is 0 Å². The normalized spacial score (nSPS) is 8.40. The summed E-state index contributed by atoms with van der Waals surface area (Å²) < 4.78 is 4.46. The monoisotopic (exact) mass is 544 g/mol. The number of halogens is 4. The van der Waals surface area contributed by atoms with Crippen molar-refractivity contribution in [2.75, 3.05) is 4.93 Å². The summed E-state index contributed by atoms with van der Waals surface area (Å²) in [5.41, 5.74) is 1.14. The van der Waals surface area contributed by atoms with E-state index in [9.17, 15) is 0 Å². The summed E-state index contributed by atoms with van der Waals surface area (Å²) in [4.78, 5) is 1.97. The van der Waals surface area contributed by atoms with Gasteiger partial charge < -0.3 is 0 Å². The molecule has 0 aliphatic rings. The maximum absolute atomic E-state index is 5.44. The molecule has 0 saturated heterocycles. The number of rotatable bonds is 2. The molecule has 116 valence electrons. The highest BCUT2D eigenvalue weighted by atomic mass is 127. The Morgan fingerprint density at radius 3 is 1.65 bits per heavy atom. The van der Waals surface area contributed by atoms with Crippen LogP contribution in [-0.4, -0.2) is 24.5 Å². The predicted molar refractivity (Wildman–Crippen MR) is 105 cm³/mol. The Bertz CT molecular complexity index is 392. The molecule has 2 heterocycles. The van der Waals surface area contributed by atoms with Crippen molar-refractivity contribution in [2.24, 2.45) is 0 Å². The Balaban J connectivity index is 0. The number of hydrogen-bond donors (Lipinski definition) is 0. The fourth-order valence-electron chi connectivity index (χ4n) is 0.936. The van der Waals surface area contributed by atoms with Gasteiger partial charge in [-0.2, -0.15) is 10.2 Å². The van der Waals surface area contributed by atoms with Gasteiger partial charge in [-0.3, -0.25) is 9.36 Å². The van der Waals surface area contributed by atoms with Gasteiger partial charge in [-0.05, 0) is 40.0 Å². The first-order valence-electron chi connectivity index (χ1n) is 5.82. The lowest BCUT2D eigenvalue weighted by atomic mass is 10.4. The minimum absolute atomic E-state index is 0.434. The van der Waals surface area contributed by atoms with E-state index in [2.05, 4.69) is 55.4 Å². The molecule has 4 nitrogen and oxygen atoms in total. The molecule has 8 heteroatoms. The number of aryl methyl sites for hydroxylation is 1. The Hall–Kier alpha value is 0.460. The van der Waals surface area contributed by atoms with Crippen molar-refractivity contribution >= 4 is 68.4 Å². The van der Waals surface area contributed by atoms with Crippen LogP contribution in [0.4, 0.5) is 0 Å². The van der Waals surface area contributed by atoms with E-state index in [1.807, 2.05) is 38.1 Å². The third-order valence-electron chi connectivity index (χ3n) is 1.61. The van der Waals surface area contributed by atoms with Gasteiger partial charge in [0.15, 0.2) is 0 Å². The summed E-state index contributed by atoms with van der Waals surface area (Å²) in [7, 11) is 0. The minimum Gasteiger partial charge on any atom is -0.258 e. The van der Waals surface area contributed by atoms with Gasteiger partial charge in [-0.1, -0.05) is 36.4 Å². The van der Waals surface area contributed by atoms with E-state index in [0.717, 1.165) is 9.13 Å². The molecule has 0 fully saturated rings. The molecule has 0 aliphatic carbocycles. The van der Waals surface area contributed by atoms with Crippen molar-refractivity contribution in [1.29, 1.82) is 0 Å². The van der Waals surface area contributed by atoms with Gasteiger partial charge >= 0.3 is 0 Å². The highest BCUT2D eigenvalue weighted by Gasteiger charge is 1.89. The topological polar surface area (TPSA) is 35.6 Å². The van der Waals surface area contributed by atoms with Crippen LogP contribution in [0.15, 0.2) is 24.8 Å². The summed E-state index contributed by atoms with van der Waals surface area (Å²) in [5, 5.41) is 7.83. The molecule has 0 aliphatic heterocycles. The van der Waals surface area contributed by atoms with Crippen LogP contribution in [0.1, 0.15) is 19.4 Å². The van der Waals surface area contributed by atoms with Crippen molar-refractivity contribution in [3.8, 4) is 0 Å². The molecule has 0 aromatic carbocycles. The first-order chi connectivity index (χ1) is 9.65. The molecule has 0 bridgehead atoms. The zero-order chi connectivity index (χ0) is 16.0. The van der Waals surface area contributed by atoms with Gasteiger partial charge in [0.1, 0.15) is 12.0 Å². The Morgan fingerprint density at radius 1 is 1.00 bits per heavy atom. The van der Waals surface area contributed by atoms with E-state index >= 15 is 0 Å². The minimum atomic E-state index is 0.434. The highest BCUT2D eigenvalue weighted by Crippen LogP contribution is 2.00. The molecule has 2 aromatic rings. The lowest BCUT2D eigenvalue weighted by Crippen LogP contribution is -1.89. The summed E-state index contributed by atoms with van der Waals surface area (Å²) in [5.74, 6) is 0. The van der Waals surface area contributed by atoms with Gasteiger partial charge in [-0.15, -0.1) is 23.2 Å². The largest absolute Gasteiger partial charge is 0.258 e. The predicted octanol–water partition coefficient (Wildman–Crippen LogP) is 5.15. The van der Waals surface area contributed by atoms with Crippen molar-refractivity contribution in [1.82, 2.24) is 19.6 Å². The molecule has 0 radical (unpaired) electrons. The van der Waals surface area contributed by atoms with E-state index in [1.165, 1.54) is 0 Å². The quantitative estimate of drug-likeness (QED) is 0.387. The Labute approximate surface area is 158 Å². The van der Waals surface area contributed by atoms with Gasteiger partial charge in [-0.25, -0.2) is 0 Å².